The fourth-order valence-corrected chi connectivity index (χ4v) is 10.3. The highest BCUT2D eigenvalue weighted by molar-refractivity contribution is 7.22. The first-order chi connectivity index (χ1) is 40.0. The number of hydrogen-bond acceptors (Lipinski definition) is 18. The van der Waals surface area contributed by atoms with E-state index in [2.05, 4.69) is 19.7 Å². The summed E-state index contributed by atoms with van der Waals surface area (Å²) in [5.74, 6) is -1.51. The van der Waals surface area contributed by atoms with Crippen molar-refractivity contribution >= 4 is 68.7 Å². The number of carbonyl (C=O) groups excluding carboxylic acids is 6. The average molecular weight is 1140 g/mol. The van der Waals surface area contributed by atoms with Crippen molar-refractivity contribution in [1.82, 2.24) is 4.98 Å². The van der Waals surface area contributed by atoms with Crippen molar-refractivity contribution in [2.45, 2.75) is 121 Å². The lowest BCUT2D eigenvalue weighted by Gasteiger charge is -2.27. The van der Waals surface area contributed by atoms with Crippen LogP contribution in [0.1, 0.15) is 135 Å². The zero-order valence-corrected chi connectivity index (χ0v) is 47.2. The quantitative estimate of drug-likeness (QED) is 0.00574. The molecule has 17 nitrogen and oxygen atoms in total. The van der Waals surface area contributed by atoms with Crippen molar-refractivity contribution in [2.24, 2.45) is 16.9 Å². The molecule has 1 heterocycles. The lowest BCUT2D eigenvalue weighted by molar-refractivity contribution is -0.141. The highest BCUT2D eigenvalue weighted by Crippen LogP contribution is 2.33. The minimum Gasteiger partial charge on any atom is -0.494 e. The Balaban J connectivity index is 0.897. The Bertz CT molecular complexity index is 2920. The van der Waals surface area contributed by atoms with E-state index >= 15 is 0 Å². The van der Waals surface area contributed by atoms with Crippen molar-refractivity contribution in [3.05, 3.63) is 146 Å². The molecule has 0 unspecified atom stereocenters. The van der Waals surface area contributed by atoms with Gasteiger partial charge in [0.15, 0.2) is 0 Å². The van der Waals surface area contributed by atoms with Crippen LogP contribution in [0, 0.1) is 11.8 Å². The van der Waals surface area contributed by atoms with Gasteiger partial charge in [0.05, 0.1) is 65.8 Å². The number of anilines is 1. The molecule has 1 aromatic heterocycles. The second-order valence-electron chi connectivity index (χ2n) is 20.0. The summed E-state index contributed by atoms with van der Waals surface area (Å²) >= 11 is 1.48. The number of nitrogens with zero attached hydrogens (tertiary/aromatic N) is 3. The van der Waals surface area contributed by atoms with Crippen molar-refractivity contribution in [3.63, 3.8) is 0 Å². The first kappa shape index (κ1) is 61.5. The molecule has 0 N–H and O–H groups in total. The van der Waals surface area contributed by atoms with E-state index in [1.54, 1.807) is 84.0 Å². The third kappa shape index (κ3) is 19.8. The van der Waals surface area contributed by atoms with Gasteiger partial charge < -0.3 is 37.9 Å². The van der Waals surface area contributed by atoms with Gasteiger partial charge in [0, 0.05) is 24.3 Å². The summed E-state index contributed by atoms with van der Waals surface area (Å²) < 4.78 is 46.3. The van der Waals surface area contributed by atoms with Crippen molar-refractivity contribution < 1.29 is 66.7 Å². The van der Waals surface area contributed by atoms with Crippen molar-refractivity contribution in [1.29, 1.82) is 0 Å². The van der Waals surface area contributed by atoms with E-state index in [1.807, 2.05) is 24.3 Å². The fraction of sp³-hybridized carbons (Fsp3) is 0.406. The van der Waals surface area contributed by atoms with Gasteiger partial charge in [0.1, 0.15) is 35.2 Å². The molecule has 0 bridgehead atoms. The molecule has 0 aliphatic heterocycles. The van der Waals surface area contributed by atoms with Crippen LogP contribution in [0.25, 0.3) is 10.2 Å². The number of benzene rings is 4. The van der Waals surface area contributed by atoms with E-state index in [4.69, 9.17) is 48.0 Å². The van der Waals surface area contributed by atoms with Gasteiger partial charge in [-0.05, 0) is 188 Å². The Hall–Kier alpha value is -8.12. The highest BCUT2D eigenvalue weighted by Gasteiger charge is 2.32. The van der Waals surface area contributed by atoms with Gasteiger partial charge in [-0.25, -0.2) is 29.2 Å². The van der Waals surface area contributed by atoms with Crippen LogP contribution >= 0.6 is 11.3 Å². The van der Waals surface area contributed by atoms with Gasteiger partial charge in [0.25, 0.3) is 0 Å². The Morgan fingerprint density at radius 2 is 1.07 bits per heavy atom. The highest BCUT2D eigenvalue weighted by atomic mass is 32.1. The molecule has 434 valence electrons. The first-order valence-electron chi connectivity index (χ1n) is 28.3. The summed E-state index contributed by atoms with van der Waals surface area (Å²) in [6.45, 7) is 12.9. The second-order valence-corrected chi connectivity index (χ2v) is 21.0. The molecule has 0 amide bonds. The van der Waals surface area contributed by atoms with E-state index in [1.165, 1.54) is 11.3 Å². The molecule has 2 fully saturated rings. The molecule has 82 heavy (non-hydrogen) atoms. The summed E-state index contributed by atoms with van der Waals surface area (Å²) in [4.78, 5) is 81.3. The van der Waals surface area contributed by atoms with E-state index in [0.29, 0.717) is 124 Å². The summed E-state index contributed by atoms with van der Waals surface area (Å²) in [5, 5.41) is 7.22. The molecular weight excluding hydrogens is 1070 g/mol. The van der Waals surface area contributed by atoms with Crippen molar-refractivity contribution in [2.75, 3.05) is 38.0 Å². The summed E-state index contributed by atoms with van der Waals surface area (Å²) in [6.07, 6.45) is 16.1. The summed E-state index contributed by atoms with van der Waals surface area (Å²) in [5.41, 5.74) is 1.81. The third-order valence-electron chi connectivity index (χ3n) is 14.0. The van der Waals surface area contributed by atoms with Crippen LogP contribution < -0.4 is 24.0 Å². The third-order valence-corrected chi connectivity index (χ3v) is 15.0. The number of carbonyl (C=O) groups is 6. The number of para-hydroxylation sites is 1. The Morgan fingerprint density at radius 1 is 0.573 bits per heavy atom. The largest absolute Gasteiger partial charge is 0.494 e. The van der Waals surface area contributed by atoms with Crippen LogP contribution in [0.2, 0.25) is 0 Å². The monoisotopic (exact) mass is 1140 g/mol. The molecule has 2 saturated carbocycles. The smallest absolute Gasteiger partial charge is 0.339 e. The van der Waals surface area contributed by atoms with E-state index in [9.17, 15) is 28.8 Å². The minimum atomic E-state index is -0.584. The molecule has 5 aromatic rings. The molecule has 0 saturated heterocycles. The number of rotatable bonds is 32. The summed E-state index contributed by atoms with van der Waals surface area (Å²) in [6, 6.07) is 26.3. The van der Waals surface area contributed by atoms with Crippen molar-refractivity contribution in [3.8, 4) is 23.0 Å². The molecule has 2 aliphatic rings. The molecular formula is C64H73N3O14S. The zero-order valence-electron chi connectivity index (χ0n) is 46.4. The number of hydrazone groups is 1. The van der Waals surface area contributed by atoms with E-state index < -0.39 is 41.9 Å². The van der Waals surface area contributed by atoms with Crippen LogP contribution in [-0.2, 0) is 38.1 Å². The fourth-order valence-electron chi connectivity index (χ4n) is 9.33. The SMILES string of the molecule is C=CCCN(/N=C/c1cc(OC(=O)C2CCC(OC(=O)c3ccc(OCCCCCCOC(=O)C=C)cc3)CC2)ccc1C(=O)OC1CCC(C(=O)Oc2ccc(OCCCCCCOC(=O)C=C)cc2)CC1)c1nc2ccccc2s1. The maximum atomic E-state index is 14.1. The number of fused-ring (bicyclic) bond motifs is 1. The van der Waals surface area contributed by atoms with Gasteiger partial charge in [-0.2, -0.15) is 5.10 Å². The lowest BCUT2D eigenvalue weighted by atomic mass is 9.87. The molecule has 18 heteroatoms. The lowest BCUT2D eigenvalue weighted by Crippen LogP contribution is -2.30. The number of esters is 6. The van der Waals surface area contributed by atoms with Crippen LogP contribution in [0.5, 0.6) is 23.0 Å². The standard InChI is InChI=1S/C64H73N3O14S/c1-4-7-38-67(64-66-56-18-12-13-19-57(56)82-64)65-44-48-43-54(81-62(72)47-22-28-51(29-23-47)78-60(70)45-20-26-49(27-21-45)74-39-14-8-10-16-41-76-58(68)5-2)36-37-55(48)63(73)80-52-30-24-46(25-31-52)61(71)79-53-34-32-50(33-35-53)75-40-15-9-11-17-42-77-59(69)6-3/h4-6,12-13,18-21,26-27,32-37,43-44,46-47,51-52H,1-3,7-11,14-17,22-25,28-31,38-42H2/b65-44+. The molecule has 0 spiro atoms. The van der Waals surface area contributed by atoms with Crippen LogP contribution in [0.3, 0.4) is 0 Å². The number of thiazole rings is 1. The average Bonchev–Trinajstić information content (AvgIpc) is 4.15. The van der Waals surface area contributed by atoms with Crippen LogP contribution in [0.15, 0.2) is 134 Å². The number of unbranched alkanes of at least 4 members (excludes halogenated alkanes) is 6. The second kappa shape index (κ2) is 33.0. The molecule has 0 atom stereocenters. The topological polar surface area (TPSA) is 205 Å². The maximum Gasteiger partial charge on any atom is 0.339 e. The number of aromatic nitrogens is 1. The molecule has 4 aromatic carbocycles. The predicted molar refractivity (Wildman–Crippen MR) is 313 cm³/mol. The molecule has 0 radical (unpaired) electrons. The van der Waals surface area contributed by atoms with Gasteiger partial charge in [0.2, 0.25) is 5.13 Å². The van der Waals surface area contributed by atoms with E-state index in [-0.39, 0.29) is 29.3 Å². The predicted octanol–water partition coefficient (Wildman–Crippen LogP) is 12.7. The zero-order chi connectivity index (χ0) is 57.9. The first-order valence-corrected chi connectivity index (χ1v) is 29.1. The van der Waals surface area contributed by atoms with Gasteiger partial charge >= 0.3 is 35.8 Å². The van der Waals surface area contributed by atoms with Gasteiger partial charge in [-0.15, -0.1) is 6.58 Å². The van der Waals surface area contributed by atoms with Gasteiger partial charge in [-0.3, -0.25) is 9.59 Å². The van der Waals surface area contributed by atoms with Crippen LogP contribution in [0.4, 0.5) is 5.13 Å². The minimum absolute atomic E-state index is 0.215. The summed E-state index contributed by atoms with van der Waals surface area (Å²) in [7, 11) is 0. The number of hydrogen-bond donors (Lipinski definition) is 0. The Labute approximate surface area is 483 Å². The maximum absolute atomic E-state index is 14.1. The molecule has 2 aliphatic carbocycles. The Kier molecular flexibility index (Phi) is 24.7. The molecule has 7 rings (SSSR count). The number of ether oxygens (including phenoxy) is 8. The van der Waals surface area contributed by atoms with Gasteiger partial charge in [-0.1, -0.05) is 42.7 Å². The van der Waals surface area contributed by atoms with E-state index in [0.717, 1.165) is 73.7 Å². The Morgan fingerprint density at radius 3 is 1.62 bits per heavy atom. The normalized spacial score (nSPS) is 16.7. The van der Waals surface area contributed by atoms with Crippen LogP contribution in [-0.4, -0.2) is 92.2 Å².